The van der Waals surface area contributed by atoms with Crippen molar-refractivity contribution in [3.8, 4) is 11.5 Å². The van der Waals surface area contributed by atoms with Gasteiger partial charge >= 0.3 is 6.09 Å². The number of carbonyl (C=O) groups is 1. The van der Waals surface area contributed by atoms with Gasteiger partial charge < -0.3 is 9.47 Å². The largest absolute Gasteiger partial charge is 0.457 e. The molecule has 0 radical (unpaired) electrons. The van der Waals surface area contributed by atoms with E-state index in [4.69, 9.17) is 32.7 Å². The summed E-state index contributed by atoms with van der Waals surface area (Å²) in [5.41, 5.74) is 0.879. The molecule has 198 valence electrons. The Morgan fingerprint density at radius 2 is 1.68 bits per heavy atom. The number of sulfonamides is 1. The maximum Gasteiger partial charge on any atom is 0.412 e. The average Bonchev–Trinajstić information content (AvgIpc) is 2.73. The highest BCUT2D eigenvalue weighted by Gasteiger charge is 2.25. The molecule has 0 saturated heterocycles. The van der Waals surface area contributed by atoms with Crippen LogP contribution >= 0.6 is 39.1 Å². The third-order valence-corrected chi connectivity index (χ3v) is 7.89. The maximum absolute atomic E-state index is 13.4. The van der Waals surface area contributed by atoms with E-state index < -0.39 is 21.7 Å². The number of ether oxygens (including phenoxy) is 2. The Morgan fingerprint density at radius 3 is 2.27 bits per heavy atom. The second kappa shape index (κ2) is 11.6. The molecule has 0 saturated carbocycles. The van der Waals surface area contributed by atoms with Gasteiger partial charge in [0.15, 0.2) is 0 Å². The fraction of sp³-hybridized carbons (Fsp3) is 0.269. The van der Waals surface area contributed by atoms with Gasteiger partial charge in [-0.1, -0.05) is 45.2 Å². The minimum absolute atomic E-state index is 0.0383. The van der Waals surface area contributed by atoms with Crippen molar-refractivity contribution in [3.63, 3.8) is 0 Å². The van der Waals surface area contributed by atoms with Crippen LogP contribution in [0.25, 0.3) is 0 Å². The molecule has 0 spiro atoms. The number of anilines is 1. The molecule has 3 rings (SSSR count). The average molecular weight is 630 g/mol. The van der Waals surface area contributed by atoms with Crippen molar-refractivity contribution >= 4 is 60.9 Å². The lowest BCUT2D eigenvalue weighted by Gasteiger charge is -2.21. The van der Waals surface area contributed by atoms with E-state index in [2.05, 4.69) is 21.2 Å². The van der Waals surface area contributed by atoms with Crippen LogP contribution in [0.1, 0.15) is 31.9 Å². The van der Waals surface area contributed by atoms with Crippen LogP contribution in [0.5, 0.6) is 11.5 Å². The molecule has 0 unspecified atom stereocenters. The highest BCUT2D eigenvalue weighted by Crippen LogP contribution is 2.33. The molecule has 0 atom stereocenters. The summed E-state index contributed by atoms with van der Waals surface area (Å²) in [6.45, 7) is 6.98. The first-order valence-corrected chi connectivity index (χ1v) is 14.1. The molecule has 0 aliphatic carbocycles. The monoisotopic (exact) mass is 628 g/mol. The Balaban J connectivity index is 1.82. The number of rotatable bonds is 7. The molecule has 1 amide bonds. The van der Waals surface area contributed by atoms with E-state index in [-0.39, 0.29) is 11.4 Å². The Bertz CT molecular complexity index is 1400. The zero-order valence-corrected chi connectivity index (χ0v) is 24.8. The standard InChI is InChI=1S/C26H27BrCl2N2O5S/c1-16-10-21(30-25(32)36-26(2,3)4)8-9-24(16)37(33,34)31(5)15-17-6-7-18(27)11-23(17)35-22-13-19(28)12-20(29)14-22/h6-14H,15H2,1-5H3,(H,30,32). The summed E-state index contributed by atoms with van der Waals surface area (Å²) in [5.74, 6) is 0.870. The third-order valence-electron chi connectivity index (χ3n) is 4.99. The molecular formula is C26H27BrCl2N2O5S. The molecule has 0 aromatic heterocycles. The van der Waals surface area contributed by atoms with Crippen LogP contribution in [0, 0.1) is 6.92 Å². The second-order valence-corrected chi connectivity index (χ2v) is 13.1. The van der Waals surface area contributed by atoms with E-state index in [9.17, 15) is 13.2 Å². The summed E-state index contributed by atoms with van der Waals surface area (Å²) in [6.07, 6.45) is -0.622. The Labute approximate surface area is 235 Å². The number of nitrogens with one attached hydrogen (secondary N) is 1. The van der Waals surface area contributed by atoms with Gasteiger partial charge in [-0.3, -0.25) is 5.32 Å². The lowest BCUT2D eigenvalue weighted by atomic mass is 10.2. The second-order valence-electron chi connectivity index (χ2n) is 9.33. The number of nitrogens with zero attached hydrogens (tertiary/aromatic N) is 1. The van der Waals surface area contributed by atoms with Gasteiger partial charge in [-0.25, -0.2) is 13.2 Å². The van der Waals surface area contributed by atoms with Crippen molar-refractivity contribution in [1.29, 1.82) is 0 Å². The summed E-state index contributed by atoms with van der Waals surface area (Å²) in [7, 11) is -2.39. The number of hydrogen-bond acceptors (Lipinski definition) is 5. The number of aryl methyl sites for hydroxylation is 1. The van der Waals surface area contributed by atoms with Crippen molar-refractivity contribution < 1.29 is 22.7 Å². The van der Waals surface area contributed by atoms with Crippen molar-refractivity contribution in [1.82, 2.24) is 4.31 Å². The molecule has 3 aromatic carbocycles. The molecule has 11 heteroatoms. The Hall–Kier alpha value is -2.30. The van der Waals surface area contributed by atoms with Gasteiger partial charge in [-0.05, 0) is 81.8 Å². The van der Waals surface area contributed by atoms with Gasteiger partial charge in [0.2, 0.25) is 10.0 Å². The third kappa shape index (κ3) is 8.09. The Morgan fingerprint density at radius 1 is 1.03 bits per heavy atom. The lowest BCUT2D eigenvalue weighted by molar-refractivity contribution is 0.0636. The van der Waals surface area contributed by atoms with Crippen molar-refractivity contribution in [2.24, 2.45) is 0 Å². The minimum Gasteiger partial charge on any atom is -0.457 e. The first kappa shape index (κ1) is 29.3. The predicted octanol–water partition coefficient (Wildman–Crippen LogP) is 8.02. The van der Waals surface area contributed by atoms with Crippen molar-refractivity contribution in [2.45, 2.75) is 44.7 Å². The van der Waals surface area contributed by atoms with Crippen LogP contribution in [0.3, 0.4) is 0 Å². The zero-order chi connectivity index (χ0) is 27.5. The van der Waals surface area contributed by atoms with E-state index in [1.54, 1.807) is 70.2 Å². The normalized spacial score (nSPS) is 11.9. The summed E-state index contributed by atoms with van der Waals surface area (Å²) in [4.78, 5) is 12.2. The summed E-state index contributed by atoms with van der Waals surface area (Å²) < 4.78 is 40.1. The van der Waals surface area contributed by atoms with Gasteiger partial charge in [0.25, 0.3) is 0 Å². The van der Waals surface area contributed by atoms with E-state index in [0.717, 1.165) is 4.47 Å². The van der Waals surface area contributed by atoms with Crippen molar-refractivity contribution in [2.75, 3.05) is 12.4 Å². The van der Waals surface area contributed by atoms with Crippen molar-refractivity contribution in [3.05, 3.63) is 80.2 Å². The smallest absolute Gasteiger partial charge is 0.412 e. The lowest BCUT2D eigenvalue weighted by Crippen LogP contribution is -2.28. The fourth-order valence-corrected chi connectivity index (χ4v) is 5.60. The highest BCUT2D eigenvalue weighted by atomic mass is 79.9. The molecule has 0 aliphatic heterocycles. The SMILES string of the molecule is Cc1cc(NC(=O)OC(C)(C)C)ccc1S(=O)(=O)N(C)Cc1ccc(Br)cc1Oc1cc(Cl)cc(Cl)c1. The number of hydrogen-bond donors (Lipinski definition) is 1. The Kier molecular flexibility index (Phi) is 9.18. The summed E-state index contributed by atoms with van der Waals surface area (Å²) in [6, 6.07) is 14.7. The van der Waals surface area contributed by atoms with E-state index in [0.29, 0.717) is 38.4 Å². The van der Waals surface area contributed by atoms with Crippen LogP contribution in [0.4, 0.5) is 10.5 Å². The summed E-state index contributed by atoms with van der Waals surface area (Å²) in [5, 5.41) is 3.45. The van der Waals surface area contributed by atoms with Gasteiger partial charge in [-0.2, -0.15) is 4.31 Å². The molecule has 3 aromatic rings. The first-order chi connectivity index (χ1) is 17.1. The van der Waals surface area contributed by atoms with E-state index in [1.807, 2.05) is 0 Å². The van der Waals surface area contributed by atoms with Gasteiger partial charge in [0.05, 0.1) is 4.90 Å². The van der Waals surface area contributed by atoms with E-state index >= 15 is 0 Å². The van der Waals surface area contributed by atoms with Gasteiger partial charge in [-0.15, -0.1) is 0 Å². The van der Waals surface area contributed by atoms with Gasteiger partial charge in [0, 0.05) is 39.4 Å². The summed E-state index contributed by atoms with van der Waals surface area (Å²) >= 11 is 15.6. The topological polar surface area (TPSA) is 84.9 Å². The molecule has 0 heterocycles. The molecular weight excluding hydrogens is 603 g/mol. The van der Waals surface area contributed by atoms with Crippen LogP contribution < -0.4 is 10.1 Å². The number of benzene rings is 3. The van der Waals surface area contributed by atoms with Gasteiger partial charge in [0.1, 0.15) is 17.1 Å². The molecule has 37 heavy (non-hydrogen) atoms. The number of carbonyl (C=O) groups excluding carboxylic acids is 1. The van der Waals surface area contributed by atoms with E-state index in [1.165, 1.54) is 23.5 Å². The van der Waals surface area contributed by atoms with Crippen LogP contribution in [-0.4, -0.2) is 31.5 Å². The molecule has 1 N–H and O–H groups in total. The fourth-order valence-electron chi connectivity index (χ4n) is 3.40. The highest BCUT2D eigenvalue weighted by molar-refractivity contribution is 9.10. The van der Waals surface area contributed by atoms with Crippen LogP contribution in [0.15, 0.2) is 64.0 Å². The number of halogens is 3. The molecule has 0 bridgehead atoms. The molecule has 0 aliphatic rings. The zero-order valence-electron chi connectivity index (χ0n) is 20.9. The van der Waals surface area contributed by atoms with Crippen LogP contribution in [0.2, 0.25) is 10.0 Å². The molecule has 7 nitrogen and oxygen atoms in total. The van der Waals surface area contributed by atoms with Crippen LogP contribution in [-0.2, 0) is 21.3 Å². The predicted molar refractivity (Wildman–Crippen MR) is 150 cm³/mol. The quantitative estimate of drug-likeness (QED) is 0.286. The minimum atomic E-state index is -3.88. The first-order valence-electron chi connectivity index (χ1n) is 11.1. The molecule has 0 fully saturated rings. The number of amides is 1. The maximum atomic E-state index is 13.4.